The number of piperidine rings is 1. The third-order valence-corrected chi connectivity index (χ3v) is 5.32. The van der Waals surface area contributed by atoms with Crippen molar-refractivity contribution in [2.24, 2.45) is 0 Å². The van der Waals surface area contributed by atoms with Crippen LogP contribution in [0, 0.1) is 0 Å². The zero-order valence-electron chi connectivity index (χ0n) is 17.7. The van der Waals surface area contributed by atoms with Crippen LogP contribution in [0.3, 0.4) is 0 Å². The second-order valence-corrected chi connectivity index (χ2v) is 8.02. The van der Waals surface area contributed by atoms with Gasteiger partial charge in [0.05, 0.1) is 11.6 Å². The number of pyridine rings is 1. The quantitative estimate of drug-likeness (QED) is 0.757. The molecule has 0 bridgehead atoms. The molecule has 3 rings (SSSR count). The van der Waals surface area contributed by atoms with Gasteiger partial charge in [-0.3, -0.25) is 14.4 Å². The lowest BCUT2D eigenvalue weighted by atomic mass is 10.1. The summed E-state index contributed by atoms with van der Waals surface area (Å²) in [7, 11) is 3.91. The summed E-state index contributed by atoms with van der Waals surface area (Å²) in [5.74, 6) is -0.353. The third kappa shape index (κ3) is 5.79. The summed E-state index contributed by atoms with van der Waals surface area (Å²) in [4.78, 5) is 41.5. The smallest absolute Gasteiger partial charge is 0.253 e. The Hall–Kier alpha value is -2.93. The maximum atomic E-state index is 12.9. The monoisotopic (exact) mass is 410 g/mol. The molecule has 1 aromatic heterocycles. The highest BCUT2D eigenvalue weighted by Crippen LogP contribution is 2.14. The lowest BCUT2D eigenvalue weighted by molar-refractivity contribution is -0.132. The van der Waals surface area contributed by atoms with Gasteiger partial charge >= 0.3 is 0 Å². The molecular weight excluding hydrogens is 380 g/mol. The maximum Gasteiger partial charge on any atom is 0.253 e. The van der Waals surface area contributed by atoms with Crippen LogP contribution in [0.25, 0.3) is 0 Å². The van der Waals surface area contributed by atoms with Gasteiger partial charge in [0.1, 0.15) is 6.54 Å². The van der Waals surface area contributed by atoms with Crippen molar-refractivity contribution in [1.29, 1.82) is 0 Å². The largest absolute Gasteiger partial charge is 0.344 e. The Labute approximate surface area is 177 Å². The van der Waals surface area contributed by atoms with E-state index >= 15 is 0 Å². The van der Waals surface area contributed by atoms with Crippen LogP contribution >= 0.6 is 0 Å². The number of benzene rings is 1. The topological polar surface area (TPSA) is 74.6 Å². The number of hydrogen-bond acceptors (Lipinski definition) is 4. The molecule has 1 aromatic carbocycles. The number of hydrogen-bond donors (Lipinski definition) is 1. The summed E-state index contributed by atoms with van der Waals surface area (Å²) >= 11 is 0. The predicted octanol–water partition coefficient (Wildman–Crippen LogP) is 1.89. The van der Waals surface area contributed by atoms with Gasteiger partial charge in [-0.25, -0.2) is 0 Å². The van der Waals surface area contributed by atoms with Gasteiger partial charge in [0.25, 0.3) is 11.5 Å². The molecule has 2 amide bonds. The van der Waals surface area contributed by atoms with E-state index in [0.717, 1.165) is 37.9 Å². The van der Waals surface area contributed by atoms with E-state index in [2.05, 4.69) is 5.32 Å². The number of nitrogens with one attached hydrogen (secondary N) is 1. The highest BCUT2D eigenvalue weighted by atomic mass is 16.2. The summed E-state index contributed by atoms with van der Waals surface area (Å²) < 4.78 is 1.33. The summed E-state index contributed by atoms with van der Waals surface area (Å²) in [6.07, 6.45) is 4.61. The van der Waals surface area contributed by atoms with E-state index in [9.17, 15) is 14.4 Å². The molecule has 30 heavy (non-hydrogen) atoms. The Morgan fingerprint density at radius 3 is 2.40 bits per heavy atom. The van der Waals surface area contributed by atoms with Crippen LogP contribution in [-0.4, -0.2) is 59.9 Å². The number of carbonyl (C=O) groups is 2. The van der Waals surface area contributed by atoms with E-state index in [4.69, 9.17) is 0 Å². The molecule has 0 aliphatic carbocycles. The molecular formula is C23H30N4O3. The van der Waals surface area contributed by atoms with Gasteiger partial charge < -0.3 is 19.7 Å². The van der Waals surface area contributed by atoms with E-state index in [1.807, 2.05) is 49.3 Å². The van der Waals surface area contributed by atoms with Crippen LogP contribution in [0.15, 0.2) is 53.5 Å². The van der Waals surface area contributed by atoms with E-state index < -0.39 is 0 Å². The minimum atomic E-state index is -0.287. The molecule has 1 fully saturated rings. The molecule has 1 atom stereocenters. The summed E-state index contributed by atoms with van der Waals surface area (Å²) in [6.45, 7) is 2.07. The van der Waals surface area contributed by atoms with Gasteiger partial charge in [0.2, 0.25) is 5.91 Å². The van der Waals surface area contributed by atoms with Crippen molar-refractivity contribution in [3.63, 3.8) is 0 Å². The molecule has 1 aliphatic rings. The Bertz CT molecular complexity index is 918. The number of amides is 2. The normalized spacial score (nSPS) is 15.1. The fourth-order valence-corrected chi connectivity index (χ4v) is 3.70. The number of likely N-dealkylation sites (N-methyl/N-ethyl adjacent to an activating group) is 1. The first kappa shape index (κ1) is 21.8. The molecule has 7 nitrogen and oxygen atoms in total. The van der Waals surface area contributed by atoms with Crippen molar-refractivity contribution >= 4 is 11.8 Å². The van der Waals surface area contributed by atoms with Crippen molar-refractivity contribution in [3.8, 4) is 0 Å². The first-order valence-electron chi connectivity index (χ1n) is 10.4. The molecule has 0 unspecified atom stereocenters. The van der Waals surface area contributed by atoms with Crippen molar-refractivity contribution in [1.82, 2.24) is 19.7 Å². The highest BCUT2D eigenvalue weighted by Gasteiger charge is 2.19. The fraction of sp³-hybridized carbons (Fsp3) is 0.435. The Morgan fingerprint density at radius 1 is 1.03 bits per heavy atom. The first-order chi connectivity index (χ1) is 14.4. The molecule has 2 heterocycles. The molecule has 0 radical (unpaired) electrons. The molecule has 0 spiro atoms. The fourth-order valence-electron chi connectivity index (χ4n) is 3.70. The van der Waals surface area contributed by atoms with Crippen molar-refractivity contribution in [3.05, 3.63) is 70.1 Å². The number of carbonyl (C=O) groups excluding carboxylic acids is 2. The minimum Gasteiger partial charge on any atom is -0.344 e. The van der Waals surface area contributed by atoms with Crippen LogP contribution in [0.1, 0.15) is 41.2 Å². The first-order valence-corrected chi connectivity index (χ1v) is 10.4. The zero-order chi connectivity index (χ0) is 21.5. The molecule has 7 heteroatoms. The average molecular weight is 411 g/mol. The second-order valence-electron chi connectivity index (χ2n) is 8.02. The van der Waals surface area contributed by atoms with E-state index in [1.54, 1.807) is 4.90 Å². The van der Waals surface area contributed by atoms with Gasteiger partial charge in [-0.15, -0.1) is 0 Å². The summed E-state index contributed by atoms with van der Waals surface area (Å²) in [5.41, 5.74) is 1.08. The van der Waals surface area contributed by atoms with Crippen LogP contribution < -0.4 is 10.9 Å². The molecule has 160 valence electrons. The average Bonchev–Trinajstić information content (AvgIpc) is 2.75. The lowest BCUT2D eigenvalue weighted by Gasteiger charge is -2.27. The lowest BCUT2D eigenvalue weighted by Crippen LogP contribution is -2.40. The Balaban J connectivity index is 1.74. The predicted molar refractivity (Wildman–Crippen MR) is 116 cm³/mol. The van der Waals surface area contributed by atoms with Gasteiger partial charge in [-0.2, -0.15) is 0 Å². The third-order valence-electron chi connectivity index (χ3n) is 5.32. The van der Waals surface area contributed by atoms with E-state index in [1.165, 1.54) is 22.9 Å². The van der Waals surface area contributed by atoms with Gasteiger partial charge in [-0.1, -0.05) is 30.3 Å². The zero-order valence-corrected chi connectivity index (χ0v) is 17.7. The molecule has 2 aromatic rings. The molecule has 0 saturated carbocycles. The standard InChI is InChI=1S/C23H30N4O3/c1-25(2)16-20(18-9-5-3-6-10-18)24-23(30)19-11-12-21(28)27(15-19)17-22(29)26-13-7-4-8-14-26/h3,5-6,9-12,15,20H,4,7-8,13-14,16-17H2,1-2H3,(H,24,30)/t20-/m0/s1. The van der Waals surface area contributed by atoms with Crippen LogP contribution in [0.2, 0.25) is 0 Å². The molecule has 1 aliphatic heterocycles. The number of aromatic nitrogens is 1. The van der Waals surface area contributed by atoms with Crippen molar-refractivity contribution < 1.29 is 9.59 Å². The highest BCUT2D eigenvalue weighted by molar-refractivity contribution is 5.94. The number of rotatable bonds is 7. The van der Waals surface area contributed by atoms with Gasteiger partial charge in [0, 0.05) is 31.9 Å². The van der Waals surface area contributed by atoms with Crippen molar-refractivity contribution in [2.45, 2.75) is 31.8 Å². The summed E-state index contributed by atoms with van der Waals surface area (Å²) in [5, 5.41) is 3.05. The SMILES string of the molecule is CN(C)C[C@H](NC(=O)c1ccc(=O)n(CC(=O)N2CCCCC2)c1)c1ccccc1. The van der Waals surface area contributed by atoms with E-state index in [-0.39, 0.29) is 30.0 Å². The van der Waals surface area contributed by atoms with Crippen LogP contribution in [0.4, 0.5) is 0 Å². The molecule has 1 saturated heterocycles. The van der Waals surface area contributed by atoms with Gasteiger partial charge in [-0.05, 0) is 45.0 Å². The molecule has 1 N–H and O–H groups in total. The number of nitrogens with zero attached hydrogens (tertiary/aromatic N) is 3. The van der Waals surface area contributed by atoms with Gasteiger partial charge in [0.15, 0.2) is 0 Å². The Morgan fingerprint density at radius 2 is 1.73 bits per heavy atom. The van der Waals surface area contributed by atoms with Crippen molar-refractivity contribution in [2.75, 3.05) is 33.7 Å². The van der Waals surface area contributed by atoms with Crippen LogP contribution in [0.5, 0.6) is 0 Å². The summed E-state index contributed by atoms with van der Waals surface area (Å²) in [6, 6.07) is 12.4. The minimum absolute atomic E-state index is 0.0419. The Kier molecular flexibility index (Phi) is 7.41. The van der Waals surface area contributed by atoms with E-state index in [0.29, 0.717) is 12.1 Å². The van der Waals surface area contributed by atoms with Crippen LogP contribution in [-0.2, 0) is 11.3 Å². The second kappa shape index (κ2) is 10.2. The number of likely N-dealkylation sites (tertiary alicyclic amines) is 1. The maximum absolute atomic E-state index is 12.9.